The van der Waals surface area contributed by atoms with Gasteiger partial charge < -0.3 is 4.74 Å². The Kier molecular flexibility index (Phi) is 3.80. The second kappa shape index (κ2) is 5.73. The van der Waals surface area contributed by atoms with Crippen LogP contribution < -0.4 is 0 Å². The summed E-state index contributed by atoms with van der Waals surface area (Å²) in [5.41, 5.74) is 3.21. The van der Waals surface area contributed by atoms with E-state index in [1.165, 1.54) is 5.56 Å². The van der Waals surface area contributed by atoms with Gasteiger partial charge in [0.05, 0.1) is 12.3 Å². The number of hydrogen-bond donors (Lipinski definition) is 0. The first kappa shape index (κ1) is 13.3. The van der Waals surface area contributed by atoms with Crippen molar-refractivity contribution in [1.29, 1.82) is 0 Å². The third-order valence-corrected chi connectivity index (χ3v) is 4.14. The van der Waals surface area contributed by atoms with Crippen LogP contribution in [0.3, 0.4) is 0 Å². The number of hydrogen-bond acceptors (Lipinski definition) is 4. The summed E-state index contributed by atoms with van der Waals surface area (Å²) < 4.78 is 7.43. The molecule has 3 nitrogen and oxygen atoms in total. The predicted molar refractivity (Wildman–Crippen MR) is 85.6 cm³/mol. The Labute approximate surface area is 126 Å². The molecule has 0 amide bonds. The molecule has 2 aromatic heterocycles. The zero-order chi connectivity index (χ0) is 13.9. The highest BCUT2D eigenvalue weighted by Gasteiger charge is 2.12. The fourth-order valence-corrected chi connectivity index (χ4v) is 3.29. The first-order valence-corrected chi connectivity index (χ1v) is 7.73. The number of nitrogens with zero attached hydrogens (tertiary/aromatic N) is 2. The monoisotopic (exact) mass is 302 g/mol. The molecule has 0 aliphatic heterocycles. The molecule has 0 aliphatic carbocycles. The fraction of sp³-hybridized carbons (Fsp3) is 0.200. The minimum atomic E-state index is 0.530. The van der Waals surface area contributed by atoms with Crippen molar-refractivity contribution in [1.82, 2.24) is 9.38 Å². The molecule has 2 heterocycles. The fourth-order valence-electron chi connectivity index (χ4n) is 2.07. The van der Waals surface area contributed by atoms with Crippen LogP contribution in [0.25, 0.3) is 4.96 Å². The van der Waals surface area contributed by atoms with Crippen molar-refractivity contribution >= 4 is 33.6 Å². The molecule has 0 saturated heterocycles. The summed E-state index contributed by atoms with van der Waals surface area (Å²) in [5.74, 6) is 0. The minimum Gasteiger partial charge on any atom is -0.482 e. The van der Waals surface area contributed by atoms with Crippen LogP contribution in [0.5, 0.6) is 0 Å². The number of rotatable bonds is 4. The largest absolute Gasteiger partial charge is 0.482 e. The van der Waals surface area contributed by atoms with E-state index in [-0.39, 0.29) is 0 Å². The first-order chi connectivity index (χ1) is 9.78. The number of fused-ring (bicyclic) bond motifs is 1. The van der Waals surface area contributed by atoms with Gasteiger partial charge in [0.1, 0.15) is 5.69 Å². The first-order valence-electron chi connectivity index (χ1n) is 6.44. The van der Waals surface area contributed by atoms with Gasteiger partial charge in [-0.3, -0.25) is 4.40 Å². The van der Waals surface area contributed by atoms with Crippen LogP contribution >= 0.6 is 23.6 Å². The van der Waals surface area contributed by atoms with Crippen LogP contribution in [0.2, 0.25) is 0 Å². The van der Waals surface area contributed by atoms with Gasteiger partial charge in [-0.05, 0) is 24.7 Å². The molecule has 0 N–H and O–H groups in total. The number of ether oxygens (including phenoxy) is 1. The van der Waals surface area contributed by atoms with Crippen LogP contribution in [-0.4, -0.2) is 21.0 Å². The molecule has 1 aromatic carbocycles. The molecular weight excluding hydrogens is 288 g/mol. The van der Waals surface area contributed by atoms with Gasteiger partial charge in [-0.2, -0.15) is 0 Å². The summed E-state index contributed by atoms with van der Waals surface area (Å²) in [4.78, 5) is 5.59. The Morgan fingerprint density at radius 2 is 2.15 bits per heavy atom. The van der Waals surface area contributed by atoms with Crippen molar-refractivity contribution in [3.8, 4) is 0 Å². The molecule has 5 heteroatoms. The van der Waals surface area contributed by atoms with Gasteiger partial charge in [0.15, 0.2) is 4.96 Å². The third-order valence-electron chi connectivity index (χ3n) is 2.97. The lowest BCUT2D eigenvalue weighted by molar-refractivity contribution is 0.336. The minimum absolute atomic E-state index is 0.530. The number of thiazole rings is 1. The van der Waals surface area contributed by atoms with Crippen molar-refractivity contribution in [3.05, 3.63) is 58.9 Å². The van der Waals surface area contributed by atoms with Gasteiger partial charge in [-0.15, -0.1) is 11.3 Å². The maximum Gasteiger partial charge on any atom is 0.209 e. The Balaban J connectivity index is 1.90. The molecule has 3 rings (SSSR count). The summed E-state index contributed by atoms with van der Waals surface area (Å²) in [6.07, 6.45) is 2.87. The molecule has 0 spiro atoms. The van der Waals surface area contributed by atoms with Crippen molar-refractivity contribution in [2.24, 2.45) is 0 Å². The van der Waals surface area contributed by atoms with E-state index in [1.807, 2.05) is 41.1 Å². The molecule has 0 saturated carbocycles. The van der Waals surface area contributed by atoms with E-state index in [2.05, 4.69) is 17.1 Å². The molecule has 0 radical (unpaired) electrons. The van der Waals surface area contributed by atoms with Gasteiger partial charge >= 0.3 is 0 Å². The SMILES string of the molecule is CCOC(=S)c1csc2nc(Cc3ccccc3)cn12. The highest BCUT2D eigenvalue weighted by atomic mass is 32.1. The zero-order valence-electron chi connectivity index (χ0n) is 11.1. The van der Waals surface area contributed by atoms with E-state index in [4.69, 9.17) is 17.0 Å². The van der Waals surface area contributed by atoms with Crippen LogP contribution in [0.15, 0.2) is 41.9 Å². The summed E-state index contributed by atoms with van der Waals surface area (Å²) in [5, 5.41) is 2.52. The maximum atomic E-state index is 5.41. The zero-order valence-corrected chi connectivity index (χ0v) is 12.7. The number of thiocarbonyl (C=S) groups is 1. The van der Waals surface area contributed by atoms with Gasteiger partial charge in [0.2, 0.25) is 5.05 Å². The number of benzene rings is 1. The molecule has 3 aromatic rings. The second-order valence-electron chi connectivity index (χ2n) is 4.39. The van der Waals surface area contributed by atoms with E-state index < -0.39 is 0 Å². The molecule has 0 aliphatic rings. The Morgan fingerprint density at radius 1 is 1.35 bits per heavy atom. The molecule has 0 unspecified atom stereocenters. The van der Waals surface area contributed by atoms with Crippen LogP contribution in [0.1, 0.15) is 23.9 Å². The summed E-state index contributed by atoms with van der Waals surface area (Å²) in [6.45, 7) is 2.52. The summed E-state index contributed by atoms with van der Waals surface area (Å²) in [7, 11) is 0. The molecule has 0 bridgehead atoms. The van der Waals surface area contributed by atoms with E-state index in [0.717, 1.165) is 22.8 Å². The van der Waals surface area contributed by atoms with Crippen molar-refractivity contribution in [3.63, 3.8) is 0 Å². The van der Waals surface area contributed by atoms with Crippen LogP contribution in [-0.2, 0) is 11.2 Å². The van der Waals surface area contributed by atoms with Crippen molar-refractivity contribution < 1.29 is 4.74 Å². The number of aromatic nitrogens is 2. The number of imidazole rings is 1. The van der Waals surface area contributed by atoms with Gasteiger partial charge in [-0.25, -0.2) is 4.98 Å². The van der Waals surface area contributed by atoms with Gasteiger partial charge in [-0.1, -0.05) is 30.3 Å². The lowest BCUT2D eigenvalue weighted by atomic mass is 10.1. The lowest BCUT2D eigenvalue weighted by Crippen LogP contribution is -2.05. The molecule has 0 atom stereocenters. The summed E-state index contributed by atoms with van der Waals surface area (Å²) >= 11 is 6.86. The van der Waals surface area contributed by atoms with E-state index in [9.17, 15) is 0 Å². The Hall–Kier alpha value is -1.72. The van der Waals surface area contributed by atoms with E-state index in [0.29, 0.717) is 11.7 Å². The summed E-state index contributed by atoms with van der Waals surface area (Å²) in [6, 6.07) is 10.3. The van der Waals surface area contributed by atoms with Gasteiger partial charge in [0.25, 0.3) is 0 Å². The predicted octanol–water partition coefficient (Wildman–Crippen LogP) is 3.70. The van der Waals surface area contributed by atoms with Crippen LogP contribution in [0.4, 0.5) is 0 Å². The quantitative estimate of drug-likeness (QED) is 0.688. The molecule has 102 valence electrons. The molecule has 20 heavy (non-hydrogen) atoms. The van der Waals surface area contributed by atoms with Crippen molar-refractivity contribution in [2.45, 2.75) is 13.3 Å². The second-order valence-corrected chi connectivity index (χ2v) is 5.60. The Bertz CT molecular complexity index is 731. The molecular formula is C15H14N2OS2. The highest BCUT2D eigenvalue weighted by molar-refractivity contribution is 7.80. The van der Waals surface area contributed by atoms with Crippen LogP contribution in [0, 0.1) is 0 Å². The average molecular weight is 302 g/mol. The van der Waals surface area contributed by atoms with E-state index >= 15 is 0 Å². The maximum absolute atomic E-state index is 5.41. The normalized spacial score (nSPS) is 10.8. The van der Waals surface area contributed by atoms with Crippen molar-refractivity contribution in [2.75, 3.05) is 6.61 Å². The highest BCUT2D eigenvalue weighted by Crippen LogP contribution is 2.19. The Morgan fingerprint density at radius 3 is 2.90 bits per heavy atom. The average Bonchev–Trinajstić information content (AvgIpc) is 2.99. The topological polar surface area (TPSA) is 26.5 Å². The van der Waals surface area contributed by atoms with Gasteiger partial charge in [0, 0.05) is 18.0 Å². The lowest BCUT2D eigenvalue weighted by Gasteiger charge is -2.02. The molecule has 0 fully saturated rings. The standard InChI is InChI=1S/C15H14N2OS2/c1-2-18-14(19)13-10-20-15-16-12(9-17(13)15)8-11-6-4-3-5-7-11/h3-7,9-10H,2,8H2,1H3. The third kappa shape index (κ3) is 2.59. The smallest absolute Gasteiger partial charge is 0.209 e. The van der Waals surface area contributed by atoms with E-state index in [1.54, 1.807) is 11.3 Å².